The van der Waals surface area contributed by atoms with Crippen molar-refractivity contribution in [3.8, 4) is 0 Å². The van der Waals surface area contributed by atoms with Gasteiger partial charge in [-0.3, -0.25) is 9.48 Å². The fourth-order valence-electron chi connectivity index (χ4n) is 2.14. The maximum absolute atomic E-state index is 12.5. The second-order valence-electron chi connectivity index (χ2n) is 4.38. The Hall–Kier alpha value is -2.20. The van der Waals surface area contributed by atoms with Crippen LogP contribution in [-0.4, -0.2) is 20.5 Å². The highest BCUT2D eigenvalue weighted by molar-refractivity contribution is 6.34. The zero-order valence-corrected chi connectivity index (χ0v) is 11.6. The monoisotopic (exact) mass is 285 g/mol. The number of fused-ring (bicyclic) bond motifs is 1. The number of hydrogen-bond acceptors (Lipinski definition) is 3. The van der Waals surface area contributed by atoms with E-state index < -0.39 is 0 Å². The lowest BCUT2D eigenvalue weighted by Gasteiger charge is -2.05. The van der Waals surface area contributed by atoms with Crippen molar-refractivity contribution in [3.63, 3.8) is 0 Å². The van der Waals surface area contributed by atoms with Crippen LogP contribution in [0.4, 0.5) is 0 Å². The minimum atomic E-state index is -0.208. The summed E-state index contributed by atoms with van der Waals surface area (Å²) in [4.78, 5) is 16.9. The van der Waals surface area contributed by atoms with E-state index >= 15 is 0 Å². The minimum absolute atomic E-state index is 0.208. The summed E-state index contributed by atoms with van der Waals surface area (Å²) >= 11 is 6.05. The number of aromatic nitrogens is 3. The Labute approximate surface area is 121 Å². The second-order valence-corrected chi connectivity index (χ2v) is 4.78. The molecular weight excluding hydrogens is 274 g/mol. The summed E-state index contributed by atoms with van der Waals surface area (Å²) in [5.41, 5.74) is 1.55. The van der Waals surface area contributed by atoms with Gasteiger partial charge in [-0.05, 0) is 19.1 Å². The molecule has 0 aliphatic rings. The Balaban J connectivity index is 2.10. The first kappa shape index (κ1) is 12.8. The molecule has 0 N–H and O–H groups in total. The molecule has 2 heterocycles. The predicted molar refractivity (Wildman–Crippen MR) is 78.1 cm³/mol. The standard InChI is InChI=1S/C15H12ClN3O/c1-2-19-14(11(16)9-17-19)15(20)13-8-7-10-5-3-4-6-12(10)18-13/h3-9H,2H2,1H3. The SMILES string of the molecule is CCn1ncc(Cl)c1C(=O)c1ccc2ccccc2n1. The Morgan fingerprint density at radius 3 is 2.85 bits per heavy atom. The average Bonchev–Trinajstić information content (AvgIpc) is 2.87. The van der Waals surface area contributed by atoms with E-state index in [1.54, 1.807) is 10.7 Å². The van der Waals surface area contributed by atoms with E-state index in [2.05, 4.69) is 10.1 Å². The number of para-hydroxylation sites is 1. The minimum Gasteiger partial charge on any atom is -0.285 e. The van der Waals surface area contributed by atoms with Gasteiger partial charge in [0.1, 0.15) is 11.4 Å². The lowest BCUT2D eigenvalue weighted by Crippen LogP contribution is -2.12. The summed E-state index contributed by atoms with van der Waals surface area (Å²) in [7, 11) is 0. The zero-order chi connectivity index (χ0) is 14.1. The number of carbonyl (C=O) groups is 1. The summed E-state index contributed by atoms with van der Waals surface area (Å²) in [6, 6.07) is 11.3. The number of carbonyl (C=O) groups excluding carboxylic acids is 1. The number of nitrogens with zero attached hydrogens (tertiary/aromatic N) is 3. The van der Waals surface area contributed by atoms with Gasteiger partial charge in [-0.2, -0.15) is 5.10 Å². The van der Waals surface area contributed by atoms with Crippen LogP contribution in [0.3, 0.4) is 0 Å². The van der Waals surface area contributed by atoms with Crippen molar-refractivity contribution in [1.29, 1.82) is 0 Å². The Morgan fingerprint density at radius 1 is 1.25 bits per heavy atom. The maximum atomic E-state index is 12.5. The molecule has 4 nitrogen and oxygen atoms in total. The van der Waals surface area contributed by atoms with Gasteiger partial charge in [0.05, 0.1) is 16.7 Å². The molecule has 3 aromatic rings. The van der Waals surface area contributed by atoms with E-state index in [1.807, 2.05) is 37.3 Å². The third kappa shape index (κ3) is 2.08. The van der Waals surface area contributed by atoms with Gasteiger partial charge in [0.15, 0.2) is 0 Å². The van der Waals surface area contributed by atoms with Crippen molar-refractivity contribution in [1.82, 2.24) is 14.8 Å². The first-order chi connectivity index (χ1) is 9.70. The van der Waals surface area contributed by atoms with Crippen LogP contribution in [0.5, 0.6) is 0 Å². The van der Waals surface area contributed by atoms with Crippen LogP contribution in [0.25, 0.3) is 10.9 Å². The summed E-state index contributed by atoms with van der Waals surface area (Å²) in [5, 5.41) is 5.43. The molecule has 0 spiro atoms. The van der Waals surface area contributed by atoms with Crippen LogP contribution in [0, 0.1) is 0 Å². The van der Waals surface area contributed by atoms with E-state index in [1.165, 1.54) is 6.20 Å². The number of benzene rings is 1. The van der Waals surface area contributed by atoms with Gasteiger partial charge < -0.3 is 0 Å². The van der Waals surface area contributed by atoms with Crippen molar-refractivity contribution in [2.24, 2.45) is 0 Å². The van der Waals surface area contributed by atoms with E-state index in [0.717, 1.165) is 10.9 Å². The molecule has 5 heteroatoms. The van der Waals surface area contributed by atoms with Crippen LogP contribution in [0.2, 0.25) is 5.02 Å². The number of halogens is 1. The maximum Gasteiger partial charge on any atom is 0.230 e. The number of pyridine rings is 1. The topological polar surface area (TPSA) is 47.8 Å². The van der Waals surface area contributed by atoms with Gasteiger partial charge in [0.2, 0.25) is 5.78 Å². The molecule has 0 atom stereocenters. The number of aryl methyl sites for hydroxylation is 1. The summed E-state index contributed by atoms with van der Waals surface area (Å²) in [5.74, 6) is -0.208. The van der Waals surface area contributed by atoms with Crippen LogP contribution in [0.1, 0.15) is 23.1 Å². The van der Waals surface area contributed by atoms with Gasteiger partial charge in [-0.15, -0.1) is 0 Å². The summed E-state index contributed by atoms with van der Waals surface area (Å²) in [6.45, 7) is 2.50. The van der Waals surface area contributed by atoms with E-state index in [0.29, 0.717) is 23.0 Å². The highest BCUT2D eigenvalue weighted by atomic mass is 35.5. The smallest absolute Gasteiger partial charge is 0.230 e. The lowest BCUT2D eigenvalue weighted by molar-refractivity contribution is 0.102. The van der Waals surface area contributed by atoms with E-state index in [-0.39, 0.29) is 5.78 Å². The molecule has 0 saturated heterocycles. The molecule has 0 unspecified atom stereocenters. The summed E-state index contributed by atoms with van der Waals surface area (Å²) < 4.78 is 1.58. The number of hydrogen-bond donors (Lipinski definition) is 0. The molecule has 1 aromatic carbocycles. The number of rotatable bonds is 3. The van der Waals surface area contributed by atoms with Crippen molar-refractivity contribution in [2.45, 2.75) is 13.5 Å². The Morgan fingerprint density at radius 2 is 2.05 bits per heavy atom. The normalized spacial score (nSPS) is 10.9. The molecule has 2 aromatic heterocycles. The summed E-state index contributed by atoms with van der Waals surface area (Å²) in [6.07, 6.45) is 1.49. The van der Waals surface area contributed by atoms with Crippen LogP contribution in [-0.2, 0) is 6.54 Å². The molecule has 0 saturated carbocycles. The first-order valence-corrected chi connectivity index (χ1v) is 6.70. The van der Waals surface area contributed by atoms with Gasteiger partial charge in [-0.25, -0.2) is 4.98 Å². The van der Waals surface area contributed by atoms with Crippen molar-refractivity contribution in [3.05, 3.63) is 59.0 Å². The number of ketones is 1. The van der Waals surface area contributed by atoms with Gasteiger partial charge in [0.25, 0.3) is 0 Å². The van der Waals surface area contributed by atoms with Gasteiger partial charge >= 0.3 is 0 Å². The van der Waals surface area contributed by atoms with Crippen LogP contribution >= 0.6 is 11.6 Å². The zero-order valence-electron chi connectivity index (χ0n) is 10.9. The van der Waals surface area contributed by atoms with E-state index in [9.17, 15) is 4.79 Å². The van der Waals surface area contributed by atoms with Crippen molar-refractivity contribution >= 4 is 28.3 Å². The van der Waals surface area contributed by atoms with Crippen LogP contribution < -0.4 is 0 Å². The highest BCUT2D eigenvalue weighted by Gasteiger charge is 2.19. The molecular formula is C15H12ClN3O. The lowest BCUT2D eigenvalue weighted by atomic mass is 10.1. The molecule has 0 bridgehead atoms. The fourth-order valence-corrected chi connectivity index (χ4v) is 2.37. The van der Waals surface area contributed by atoms with Gasteiger partial charge in [0, 0.05) is 11.9 Å². The Kier molecular flexibility index (Phi) is 3.24. The van der Waals surface area contributed by atoms with Crippen molar-refractivity contribution in [2.75, 3.05) is 0 Å². The molecule has 0 fully saturated rings. The van der Waals surface area contributed by atoms with Crippen LogP contribution in [0.15, 0.2) is 42.6 Å². The second kappa shape index (κ2) is 5.06. The average molecular weight is 286 g/mol. The quantitative estimate of drug-likeness (QED) is 0.694. The molecule has 0 aliphatic carbocycles. The van der Waals surface area contributed by atoms with Gasteiger partial charge in [-0.1, -0.05) is 35.9 Å². The third-order valence-electron chi connectivity index (χ3n) is 3.14. The molecule has 20 heavy (non-hydrogen) atoms. The molecule has 3 rings (SSSR count). The largest absolute Gasteiger partial charge is 0.285 e. The molecule has 0 amide bonds. The predicted octanol–water partition coefficient (Wildman–Crippen LogP) is 3.34. The fraction of sp³-hybridized carbons (Fsp3) is 0.133. The third-order valence-corrected chi connectivity index (χ3v) is 3.42. The Bertz CT molecular complexity index is 795. The highest BCUT2D eigenvalue weighted by Crippen LogP contribution is 2.20. The van der Waals surface area contributed by atoms with E-state index in [4.69, 9.17) is 11.6 Å². The molecule has 0 aliphatic heterocycles. The molecule has 0 radical (unpaired) electrons. The molecule has 100 valence electrons. The van der Waals surface area contributed by atoms with Crippen molar-refractivity contribution < 1.29 is 4.79 Å². The first-order valence-electron chi connectivity index (χ1n) is 6.32.